The van der Waals surface area contributed by atoms with Crippen molar-refractivity contribution in [1.82, 2.24) is 0 Å². The summed E-state index contributed by atoms with van der Waals surface area (Å²) >= 11 is 2.00. The van der Waals surface area contributed by atoms with Gasteiger partial charge in [0, 0.05) is 6.61 Å². The van der Waals surface area contributed by atoms with Gasteiger partial charge in [-0.3, -0.25) is 0 Å². The minimum Gasteiger partial charge on any atom is -0.396 e. The first-order chi connectivity index (χ1) is 9.43. The van der Waals surface area contributed by atoms with E-state index in [0.29, 0.717) is 6.61 Å². The van der Waals surface area contributed by atoms with E-state index < -0.39 is 0 Å². The smallest absolute Gasteiger partial charge is 0.0438 e. The van der Waals surface area contributed by atoms with E-state index in [1.54, 1.807) is 0 Å². The molecule has 0 saturated heterocycles. The van der Waals surface area contributed by atoms with Gasteiger partial charge in [-0.05, 0) is 30.3 Å². The van der Waals surface area contributed by atoms with Crippen molar-refractivity contribution in [2.24, 2.45) is 5.92 Å². The highest BCUT2D eigenvalue weighted by atomic mass is 32.2. The Kier molecular flexibility index (Phi) is 12.2. The van der Waals surface area contributed by atoms with Crippen molar-refractivity contribution in [3.05, 3.63) is 0 Å². The van der Waals surface area contributed by atoms with Gasteiger partial charge in [0.1, 0.15) is 0 Å². The van der Waals surface area contributed by atoms with Gasteiger partial charge in [-0.25, -0.2) is 0 Å². The van der Waals surface area contributed by atoms with Crippen molar-refractivity contribution in [1.29, 1.82) is 0 Å². The zero-order valence-electron chi connectivity index (χ0n) is 12.7. The summed E-state index contributed by atoms with van der Waals surface area (Å²) in [6, 6.07) is 0. The van der Waals surface area contributed by atoms with E-state index in [2.05, 4.69) is 0 Å². The van der Waals surface area contributed by atoms with Crippen LogP contribution in [0.5, 0.6) is 0 Å². The van der Waals surface area contributed by atoms with Gasteiger partial charge in [0.2, 0.25) is 0 Å². The second-order valence-electron chi connectivity index (χ2n) is 6.10. The summed E-state index contributed by atoms with van der Waals surface area (Å²) in [7, 11) is 0. The number of hydrogen-bond acceptors (Lipinski definition) is 2. The molecule has 19 heavy (non-hydrogen) atoms. The lowest BCUT2D eigenvalue weighted by Gasteiger charge is -2.24. The normalized spacial score (nSPS) is 15.6. The first-order valence-electron chi connectivity index (χ1n) is 8.62. The van der Waals surface area contributed by atoms with Crippen LogP contribution in [0.1, 0.15) is 83.5 Å². The third-order valence-corrected chi connectivity index (χ3v) is 5.48. The maximum absolute atomic E-state index is 8.66. The van der Waals surface area contributed by atoms with Gasteiger partial charge in [-0.15, -0.1) is 0 Å². The molecule has 0 heterocycles. The molecule has 114 valence electrons. The Morgan fingerprint density at radius 1 is 0.737 bits per heavy atom. The number of unbranched alkanes of at least 4 members (excludes halogenated alkanes) is 7. The highest BCUT2D eigenvalue weighted by Crippen LogP contribution is 2.31. The van der Waals surface area contributed by atoms with Crippen LogP contribution in [0.3, 0.4) is 0 Å². The highest BCUT2D eigenvalue weighted by molar-refractivity contribution is 7.99. The molecule has 0 bridgehead atoms. The lowest BCUT2D eigenvalue weighted by Crippen LogP contribution is -2.10. The van der Waals surface area contributed by atoms with Crippen molar-refractivity contribution in [2.45, 2.75) is 83.5 Å². The fraction of sp³-hybridized carbons (Fsp3) is 1.00. The summed E-state index contributed by atoms with van der Waals surface area (Å²) in [4.78, 5) is 0. The molecule has 0 amide bonds. The summed E-state index contributed by atoms with van der Waals surface area (Å²) in [5.74, 6) is 3.54. The molecular formula is C17H34OS. The van der Waals surface area contributed by atoms with Crippen LogP contribution in [0.4, 0.5) is 0 Å². The highest BCUT2D eigenvalue weighted by Gasteiger charge is 2.15. The average molecular weight is 287 g/mol. The fourth-order valence-corrected chi connectivity index (χ4v) is 3.69. The molecule has 1 rings (SSSR count). The number of thioether (sulfide) groups is 1. The van der Waals surface area contributed by atoms with E-state index >= 15 is 0 Å². The molecule has 0 radical (unpaired) electrons. The topological polar surface area (TPSA) is 20.2 Å². The predicted octanol–water partition coefficient (Wildman–Crippen LogP) is 5.41. The summed E-state index contributed by atoms with van der Waals surface area (Å²) in [5, 5.41) is 8.66. The molecule has 0 aromatic rings. The van der Waals surface area contributed by atoms with Gasteiger partial charge in [-0.1, -0.05) is 70.6 Å². The first kappa shape index (κ1) is 17.4. The zero-order valence-corrected chi connectivity index (χ0v) is 13.6. The van der Waals surface area contributed by atoms with Crippen LogP contribution in [-0.4, -0.2) is 23.2 Å². The fourth-order valence-electron chi connectivity index (χ4n) is 2.75. The second-order valence-corrected chi connectivity index (χ2v) is 7.33. The average Bonchev–Trinajstić information content (AvgIpc) is 2.37. The van der Waals surface area contributed by atoms with Crippen LogP contribution in [0.15, 0.2) is 0 Å². The standard InChI is InChI=1S/C17H34OS/c18-14-10-16-19-15-8-6-4-2-1-3-5-7-11-17-12-9-13-17/h17-18H,1-16H2. The monoisotopic (exact) mass is 286 g/mol. The Balaban J connectivity index is 1.62. The van der Waals surface area contributed by atoms with Gasteiger partial charge < -0.3 is 5.11 Å². The Labute approximate surface area is 124 Å². The Morgan fingerprint density at radius 2 is 1.32 bits per heavy atom. The number of rotatable bonds is 14. The Morgan fingerprint density at radius 3 is 1.89 bits per heavy atom. The lowest BCUT2D eigenvalue weighted by atomic mass is 9.81. The first-order valence-corrected chi connectivity index (χ1v) is 9.77. The quantitative estimate of drug-likeness (QED) is 0.431. The molecule has 0 spiro atoms. The van der Waals surface area contributed by atoms with Crippen LogP contribution in [0.2, 0.25) is 0 Å². The van der Waals surface area contributed by atoms with Crippen molar-refractivity contribution < 1.29 is 5.11 Å². The Hall–Kier alpha value is 0.310. The molecule has 1 N–H and O–H groups in total. The van der Waals surface area contributed by atoms with Crippen LogP contribution < -0.4 is 0 Å². The number of aliphatic hydroxyl groups is 1. The van der Waals surface area contributed by atoms with Gasteiger partial charge >= 0.3 is 0 Å². The molecule has 1 aliphatic carbocycles. The molecule has 0 atom stereocenters. The van der Waals surface area contributed by atoms with Crippen molar-refractivity contribution in [3.63, 3.8) is 0 Å². The largest absolute Gasteiger partial charge is 0.396 e. The van der Waals surface area contributed by atoms with Crippen LogP contribution in [0, 0.1) is 5.92 Å². The summed E-state index contributed by atoms with van der Waals surface area (Å²) in [6.45, 7) is 0.355. The molecule has 0 aromatic heterocycles. The van der Waals surface area contributed by atoms with Gasteiger partial charge in [-0.2, -0.15) is 11.8 Å². The maximum Gasteiger partial charge on any atom is 0.0438 e. The van der Waals surface area contributed by atoms with Gasteiger partial charge in [0.25, 0.3) is 0 Å². The maximum atomic E-state index is 8.66. The molecule has 1 saturated carbocycles. The molecule has 1 fully saturated rings. The molecule has 0 aromatic carbocycles. The van der Waals surface area contributed by atoms with E-state index in [4.69, 9.17) is 5.11 Å². The van der Waals surface area contributed by atoms with Crippen LogP contribution in [-0.2, 0) is 0 Å². The third kappa shape index (κ3) is 10.7. The number of hydrogen-bond donors (Lipinski definition) is 1. The van der Waals surface area contributed by atoms with E-state index in [1.807, 2.05) is 11.8 Å². The molecule has 1 aliphatic rings. The van der Waals surface area contributed by atoms with Crippen molar-refractivity contribution in [3.8, 4) is 0 Å². The predicted molar refractivity (Wildman–Crippen MR) is 87.9 cm³/mol. The molecular weight excluding hydrogens is 252 g/mol. The summed E-state index contributed by atoms with van der Waals surface area (Å²) in [5.41, 5.74) is 0. The molecule has 0 unspecified atom stereocenters. The van der Waals surface area contributed by atoms with Gasteiger partial charge in [0.05, 0.1) is 0 Å². The van der Waals surface area contributed by atoms with Crippen molar-refractivity contribution >= 4 is 11.8 Å². The summed E-state index contributed by atoms with van der Waals surface area (Å²) < 4.78 is 0. The second kappa shape index (κ2) is 13.3. The zero-order chi connectivity index (χ0) is 13.6. The van der Waals surface area contributed by atoms with E-state index in [-0.39, 0.29) is 0 Å². The molecule has 2 heteroatoms. The number of aliphatic hydroxyl groups excluding tert-OH is 1. The van der Waals surface area contributed by atoms with E-state index in [9.17, 15) is 0 Å². The van der Waals surface area contributed by atoms with E-state index in [1.165, 1.54) is 82.8 Å². The van der Waals surface area contributed by atoms with Crippen molar-refractivity contribution in [2.75, 3.05) is 18.1 Å². The summed E-state index contributed by atoms with van der Waals surface area (Å²) in [6.07, 6.45) is 18.6. The minimum atomic E-state index is 0.355. The van der Waals surface area contributed by atoms with Crippen LogP contribution in [0.25, 0.3) is 0 Å². The molecule has 1 nitrogen and oxygen atoms in total. The van der Waals surface area contributed by atoms with Gasteiger partial charge in [0.15, 0.2) is 0 Å². The Bertz CT molecular complexity index is 180. The third-order valence-electron chi connectivity index (χ3n) is 4.32. The lowest BCUT2D eigenvalue weighted by molar-refractivity contribution is 0.286. The minimum absolute atomic E-state index is 0.355. The SMILES string of the molecule is OCCCSCCCCCCCCCCC1CCC1. The van der Waals surface area contributed by atoms with Crippen LogP contribution >= 0.6 is 11.8 Å². The van der Waals surface area contributed by atoms with E-state index in [0.717, 1.165) is 18.1 Å². The molecule has 0 aliphatic heterocycles.